The van der Waals surface area contributed by atoms with Crippen molar-refractivity contribution < 1.29 is 18.5 Å². The van der Waals surface area contributed by atoms with Gasteiger partial charge in [-0.15, -0.1) is 0 Å². The van der Waals surface area contributed by atoms with Crippen molar-refractivity contribution in [3.8, 4) is 11.4 Å². The molecule has 4 aromatic rings. The normalized spacial score (nSPS) is 10.6. The minimum atomic E-state index is -0.438. The first-order valence-corrected chi connectivity index (χ1v) is 10.2. The van der Waals surface area contributed by atoms with Gasteiger partial charge in [0.1, 0.15) is 12.4 Å². The first-order chi connectivity index (χ1) is 15.9. The van der Waals surface area contributed by atoms with Crippen LogP contribution in [0.25, 0.3) is 11.4 Å². The van der Waals surface area contributed by atoms with E-state index in [0.717, 1.165) is 16.7 Å². The third kappa shape index (κ3) is 4.95. The van der Waals surface area contributed by atoms with Crippen LogP contribution in [0.4, 0.5) is 15.8 Å². The molecule has 1 N–H and O–H groups in total. The van der Waals surface area contributed by atoms with Gasteiger partial charge >= 0.3 is 0 Å². The van der Waals surface area contributed by atoms with E-state index >= 15 is 0 Å². The third-order valence-electron chi connectivity index (χ3n) is 5.14. The van der Waals surface area contributed by atoms with E-state index in [2.05, 4.69) is 15.5 Å². The fourth-order valence-corrected chi connectivity index (χ4v) is 3.58. The zero-order valence-corrected chi connectivity index (χ0v) is 18.1. The lowest BCUT2D eigenvalue weighted by molar-refractivity contribution is -0.114. The Labute approximate surface area is 189 Å². The number of nitrogens with one attached hydrogen (secondary N) is 1. The molecular formula is C25H21FN4O3. The molecule has 33 heavy (non-hydrogen) atoms. The number of amides is 2. The summed E-state index contributed by atoms with van der Waals surface area (Å²) in [6, 6.07) is 17.9. The van der Waals surface area contributed by atoms with E-state index in [1.807, 2.05) is 32.0 Å². The summed E-state index contributed by atoms with van der Waals surface area (Å²) in [5.41, 5.74) is 3.93. The van der Waals surface area contributed by atoms with Gasteiger partial charge in [-0.2, -0.15) is 4.98 Å². The second-order valence-corrected chi connectivity index (χ2v) is 7.52. The van der Waals surface area contributed by atoms with Gasteiger partial charge in [-0.1, -0.05) is 23.4 Å². The number of nitrogens with zero attached hydrogens (tertiary/aromatic N) is 3. The van der Waals surface area contributed by atoms with Gasteiger partial charge in [0.05, 0.1) is 5.69 Å². The van der Waals surface area contributed by atoms with Crippen molar-refractivity contribution in [3.63, 3.8) is 0 Å². The molecule has 7 nitrogen and oxygen atoms in total. The molecule has 0 spiro atoms. The molecule has 0 aliphatic heterocycles. The molecule has 0 unspecified atom stereocenters. The number of carbonyl (C=O) groups excluding carboxylic acids is 2. The maximum atomic E-state index is 13.4. The first-order valence-electron chi connectivity index (χ1n) is 10.2. The van der Waals surface area contributed by atoms with Crippen LogP contribution < -0.4 is 10.2 Å². The lowest BCUT2D eigenvalue weighted by Gasteiger charge is -2.26. The average molecular weight is 444 g/mol. The first kappa shape index (κ1) is 21.9. The highest BCUT2D eigenvalue weighted by Gasteiger charge is 2.24. The van der Waals surface area contributed by atoms with Crippen molar-refractivity contribution in [1.82, 2.24) is 10.1 Å². The van der Waals surface area contributed by atoms with Crippen LogP contribution in [0.5, 0.6) is 0 Å². The molecule has 0 aliphatic carbocycles. The number of halogens is 1. The Hall–Kier alpha value is -4.33. The lowest BCUT2D eigenvalue weighted by Crippen LogP contribution is -2.39. The molecule has 3 aromatic carbocycles. The number of carbonyl (C=O) groups is 2. The highest BCUT2D eigenvalue weighted by atomic mass is 19.1. The Morgan fingerprint density at radius 3 is 2.24 bits per heavy atom. The van der Waals surface area contributed by atoms with Gasteiger partial charge in [0.25, 0.3) is 5.91 Å². The molecule has 166 valence electrons. The zero-order chi connectivity index (χ0) is 23.4. The van der Waals surface area contributed by atoms with Gasteiger partial charge in [-0.3, -0.25) is 14.5 Å². The van der Waals surface area contributed by atoms with E-state index in [4.69, 9.17) is 4.52 Å². The van der Waals surface area contributed by atoms with Crippen LogP contribution in [0.1, 0.15) is 21.5 Å². The Morgan fingerprint density at radius 1 is 0.970 bits per heavy atom. The largest absolute Gasteiger partial charge is 0.342 e. The summed E-state index contributed by atoms with van der Waals surface area (Å²) in [7, 11) is 0. The number of hydrogen-bond donors (Lipinski definition) is 1. The summed E-state index contributed by atoms with van der Waals surface area (Å²) in [5.74, 6) is -0.762. The smallest absolute Gasteiger partial charge is 0.258 e. The van der Waals surface area contributed by atoms with Gasteiger partial charge in [-0.25, -0.2) is 4.39 Å². The van der Waals surface area contributed by atoms with Crippen LogP contribution >= 0.6 is 0 Å². The minimum absolute atomic E-state index is 0.214. The predicted molar refractivity (Wildman–Crippen MR) is 122 cm³/mol. The number of rotatable bonds is 6. The van der Waals surface area contributed by atoms with Crippen LogP contribution in [-0.2, 0) is 4.79 Å². The van der Waals surface area contributed by atoms with Crippen LogP contribution in [0.3, 0.4) is 0 Å². The van der Waals surface area contributed by atoms with Gasteiger partial charge in [0, 0.05) is 16.8 Å². The van der Waals surface area contributed by atoms with Gasteiger partial charge < -0.3 is 9.84 Å². The molecule has 1 aromatic heterocycles. The van der Waals surface area contributed by atoms with Crippen molar-refractivity contribution in [2.24, 2.45) is 0 Å². The van der Waals surface area contributed by atoms with E-state index in [1.54, 1.807) is 24.3 Å². The molecule has 4 rings (SSSR count). The predicted octanol–water partition coefficient (Wildman–Crippen LogP) is 4.78. The van der Waals surface area contributed by atoms with Crippen molar-refractivity contribution in [1.29, 1.82) is 0 Å². The van der Waals surface area contributed by atoms with Gasteiger partial charge in [-0.05, 0) is 73.5 Å². The molecule has 0 radical (unpaired) electrons. The molecule has 8 heteroatoms. The molecule has 0 aliphatic rings. The Morgan fingerprint density at radius 2 is 1.64 bits per heavy atom. The number of aryl methyl sites for hydroxylation is 2. The zero-order valence-electron chi connectivity index (χ0n) is 18.1. The van der Waals surface area contributed by atoms with E-state index in [-0.39, 0.29) is 18.0 Å². The molecule has 2 amide bonds. The summed E-state index contributed by atoms with van der Waals surface area (Å²) < 4.78 is 18.1. The summed E-state index contributed by atoms with van der Waals surface area (Å²) in [6.45, 7) is 3.54. The van der Waals surface area contributed by atoms with Gasteiger partial charge in [0.15, 0.2) is 0 Å². The maximum absolute atomic E-state index is 13.4. The molecule has 0 fully saturated rings. The number of benzene rings is 3. The fraction of sp³-hybridized carbons (Fsp3) is 0.120. The van der Waals surface area contributed by atoms with Crippen molar-refractivity contribution >= 4 is 23.2 Å². The molecule has 0 bridgehead atoms. The molecule has 0 saturated heterocycles. The number of para-hydroxylation sites is 1. The number of aromatic nitrogens is 2. The Balaban J connectivity index is 1.57. The van der Waals surface area contributed by atoms with Gasteiger partial charge in [0.2, 0.25) is 18.1 Å². The summed E-state index contributed by atoms with van der Waals surface area (Å²) in [4.78, 5) is 31.6. The summed E-state index contributed by atoms with van der Waals surface area (Å²) >= 11 is 0. The molecule has 1 heterocycles. The monoisotopic (exact) mass is 444 g/mol. The average Bonchev–Trinajstić information content (AvgIpc) is 3.34. The summed E-state index contributed by atoms with van der Waals surface area (Å²) in [6.07, 6.45) is 1.24. The van der Waals surface area contributed by atoms with E-state index < -0.39 is 11.7 Å². The minimum Gasteiger partial charge on any atom is -0.342 e. The van der Waals surface area contributed by atoms with Crippen LogP contribution in [0, 0.1) is 19.7 Å². The van der Waals surface area contributed by atoms with E-state index in [0.29, 0.717) is 17.2 Å². The van der Waals surface area contributed by atoms with Crippen molar-refractivity contribution in [2.75, 3.05) is 16.8 Å². The Bertz CT molecular complexity index is 1250. The highest BCUT2D eigenvalue weighted by Crippen LogP contribution is 2.26. The highest BCUT2D eigenvalue weighted by molar-refractivity contribution is 6.10. The number of hydrogen-bond acceptors (Lipinski definition) is 5. The third-order valence-corrected chi connectivity index (χ3v) is 5.14. The van der Waals surface area contributed by atoms with Crippen LogP contribution in [-0.4, -0.2) is 28.5 Å². The van der Waals surface area contributed by atoms with Crippen LogP contribution in [0.2, 0.25) is 0 Å². The summed E-state index contributed by atoms with van der Waals surface area (Å²) in [5, 5.41) is 6.59. The van der Waals surface area contributed by atoms with E-state index in [1.165, 1.54) is 35.6 Å². The van der Waals surface area contributed by atoms with E-state index in [9.17, 15) is 14.0 Å². The molecular weight excluding hydrogens is 423 g/mol. The van der Waals surface area contributed by atoms with Crippen molar-refractivity contribution in [3.05, 3.63) is 95.6 Å². The molecule has 0 saturated carbocycles. The second-order valence-electron chi connectivity index (χ2n) is 7.52. The van der Waals surface area contributed by atoms with Crippen molar-refractivity contribution in [2.45, 2.75) is 13.8 Å². The quantitative estimate of drug-likeness (QED) is 0.462. The second kappa shape index (κ2) is 9.44. The fourth-order valence-electron chi connectivity index (χ4n) is 3.58. The lowest BCUT2D eigenvalue weighted by atomic mass is 10.1. The maximum Gasteiger partial charge on any atom is 0.258 e. The topological polar surface area (TPSA) is 88.3 Å². The molecule has 0 atom stereocenters. The Kier molecular flexibility index (Phi) is 6.26. The van der Waals surface area contributed by atoms with Crippen LogP contribution in [0.15, 0.2) is 77.6 Å². The standard InChI is InChI=1S/C25H21FN4O3/c1-16-4-3-5-17(2)23(16)30(25(32)19-6-10-20(26)11-7-19)14-22(31)28-21-12-8-18(9-13-21)24-27-15-33-29-24/h3-13,15H,14H2,1-2H3,(H,28,31). The number of anilines is 2. The SMILES string of the molecule is Cc1cccc(C)c1N(CC(=O)Nc1ccc(-c2ncon2)cc1)C(=O)c1ccc(F)cc1.